The average Bonchev–Trinajstić information content (AvgIpc) is 2.94. The van der Waals surface area contributed by atoms with Gasteiger partial charge in [-0.1, -0.05) is 30.3 Å². The number of hydrogen-bond donors (Lipinski definition) is 3. The highest BCUT2D eigenvalue weighted by Crippen LogP contribution is 2.09. The highest BCUT2D eigenvalue weighted by atomic mass is 16.2. The minimum atomic E-state index is -0.558. The highest BCUT2D eigenvalue weighted by Gasteiger charge is 2.16. The fourth-order valence-corrected chi connectivity index (χ4v) is 2.13. The van der Waals surface area contributed by atoms with Gasteiger partial charge in [-0.3, -0.25) is 14.8 Å². The van der Waals surface area contributed by atoms with Gasteiger partial charge in [0.05, 0.1) is 18.4 Å². The summed E-state index contributed by atoms with van der Waals surface area (Å²) in [4.78, 5) is 23.5. The molecule has 3 N–H and O–H groups in total. The maximum absolute atomic E-state index is 12.0. The van der Waals surface area contributed by atoms with Crippen LogP contribution in [0.2, 0.25) is 0 Å². The molecule has 0 spiro atoms. The Balaban J connectivity index is 1.87. The third-order valence-corrected chi connectivity index (χ3v) is 3.25. The zero-order valence-corrected chi connectivity index (χ0v) is 14.1. The number of aromatic nitrogens is 2. The first kappa shape index (κ1) is 17.5. The normalized spacial score (nSPS) is 11.8. The summed E-state index contributed by atoms with van der Waals surface area (Å²) in [6.45, 7) is 5.99. The molecule has 3 amide bonds. The lowest BCUT2D eigenvalue weighted by molar-refractivity contribution is -0.120. The van der Waals surface area contributed by atoms with E-state index in [0.29, 0.717) is 6.54 Å². The molecule has 24 heavy (non-hydrogen) atoms. The number of amides is 3. The summed E-state index contributed by atoms with van der Waals surface area (Å²) in [5, 5.41) is 12.2. The van der Waals surface area contributed by atoms with Crippen molar-refractivity contribution in [3.63, 3.8) is 0 Å². The Morgan fingerprint density at radius 3 is 2.54 bits per heavy atom. The Labute approximate surface area is 141 Å². The van der Waals surface area contributed by atoms with Crippen molar-refractivity contribution in [3.05, 3.63) is 48.3 Å². The van der Waals surface area contributed by atoms with Gasteiger partial charge < -0.3 is 10.6 Å². The third-order valence-electron chi connectivity index (χ3n) is 3.25. The number of nitrogens with one attached hydrogen (secondary N) is 3. The summed E-state index contributed by atoms with van der Waals surface area (Å²) >= 11 is 0. The summed E-state index contributed by atoms with van der Waals surface area (Å²) in [7, 11) is 0. The molecular formula is C17H23N5O2. The first-order valence-corrected chi connectivity index (χ1v) is 7.88. The van der Waals surface area contributed by atoms with E-state index < -0.39 is 18.0 Å². The number of benzene rings is 1. The molecule has 1 aromatic heterocycles. The Bertz CT molecular complexity index is 681. The molecule has 0 radical (unpaired) electrons. The van der Waals surface area contributed by atoms with E-state index in [1.807, 2.05) is 50.4 Å². The van der Waals surface area contributed by atoms with Gasteiger partial charge in [0.25, 0.3) is 0 Å². The van der Waals surface area contributed by atoms with Crippen LogP contribution in [0.3, 0.4) is 0 Å². The first-order chi connectivity index (χ1) is 11.4. The van der Waals surface area contributed by atoms with Crippen LogP contribution in [0, 0.1) is 0 Å². The fraction of sp³-hybridized carbons (Fsp3) is 0.353. The van der Waals surface area contributed by atoms with E-state index in [2.05, 4.69) is 21.0 Å². The van der Waals surface area contributed by atoms with E-state index in [0.717, 1.165) is 11.3 Å². The van der Waals surface area contributed by atoms with Gasteiger partial charge in [0, 0.05) is 12.2 Å². The molecule has 7 heteroatoms. The average molecular weight is 329 g/mol. The van der Waals surface area contributed by atoms with Gasteiger partial charge in [0.1, 0.15) is 6.04 Å². The van der Waals surface area contributed by atoms with Crippen LogP contribution >= 0.6 is 0 Å². The Hall–Kier alpha value is -2.83. The van der Waals surface area contributed by atoms with Crippen molar-refractivity contribution in [2.75, 3.05) is 5.32 Å². The molecule has 1 heterocycles. The lowest BCUT2D eigenvalue weighted by Crippen LogP contribution is -2.47. The second-order valence-electron chi connectivity index (χ2n) is 5.90. The molecule has 0 aliphatic rings. The van der Waals surface area contributed by atoms with E-state index in [-0.39, 0.29) is 6.04 Å². The van der Waals surface area contributed by atoms with Crippen molar-refractivity contribution in [3.8, 4) is 0 Å². The minimum absolute atomic E-state index is 0.0303. The van der Waals surface area contributed by atoms with E-state index >= 15 is 0 Å². The smallest absolute Gasteiger partial charge is 0.321 e. The number of hydrogen-bond acceptors (Lipinski definition) is 4. The summed E-state index contributed by atoms with van der Waals surface area (Å²) in [5.41, 5.74) is 1.86. The Kier molecular flexibility index (Phi) is 5.95. The van der Waals surface area contributed by atoms with Crippen molar-refractivity contribution in [1.29, 1.82) is 0 Å². The maximum Gasteiger partial charge on any atom is 0.321 e. The topological polar surface area (TPSA) is 88.1 Å². The number of carbonyl (C=O) groups is 2. The summed E-state index contributed by atoms with van der Waals surface area (Å²) in [5.74, 6) is -0.399. The summed E-state index contributed by atoms with van der Waals surface area (Å²) < 4.78 is 1.79. The molecule has 2 aromatic rings. The molecule has 0 unspecified atom stereocenters. The van der Waals surface area contributed by atoms with Gasteiger partial charge >= 0.3 is 6.03 Å². The molecule has 0 saturated carbocycles. The molecule has 0 saturated heterocycles. The predicted molar refractivity (Wildman–Crippen MR) is 92.7 cm³/mol. The van der Waals surface area contributed by atoms with Gasteiger partial charge in [0.2, 0.25) is 5.91 Å². The lowest BCUT2D eigenvalue weighted by atomic mass is 10.2. The summed E-state index contributed by atoms with van der Waals surface area (Å²) in [6.07, 6.45) is 3.48. The number of imide groups is 1. The number of carbonyl (C=O) groups excluding carboxylic acids is 2. The van der Waals surface area contributed by atoms with Gasteiger partial charge in [0.15, 0.2) is 0 Å². The van der Waals surface area contributed by atoms with Crippen LogP contribution in [0.1, 0.15) is 26.3 Å². The quantitative estimate of drug-likeness (QED) is 0.756. The lowest BCUT2D eigenvalue weighted by Gasteiger charge is -2.14. The first-order valence-electron chi connectivity index (χ1n) is 7.88. The number of urea groups is 1. The van der Waals surface area contributed by atoms with Gasteiger partial charge in [-0.2, -0.15) is 5.10 Å². The molecule has 0 aliphatic carbocycles. The van der Waals surface area contributed by atoms with Gasteiger partial charge in [-0.25, -0.2) is 4.79 Å². The molecule has 0 aliphatic heterocycles. The van der Waals surface area contributed by atoms with Crippen molar-refractivity contribution in [2.45, 2.75) is 39.4 Å². The largest absolute Gasteiger partial charge is 0.371 e. The molecule has 7 nitrogen and oxygen atoms in total. The highest BCUT2D eigenvalue weighted by molar-refractivity contribution is 5.98. The van der Waals surface area contributed by atoms with E-state index in [4.69, 9.17) is 0 Å². The predicted octanol–water partition coefficient (Wildman–Crippen LogP) is 1.97. The molecule has 1 aromatic carbocycles. The molecular weight excluding hydrogens is 306 g/mol. The fourth-order valence-electron chi connectivity index (χ4n) is 2.13. The van der Waals surface area contributed by atoms with E-state index in [9.17, 15) is 9.59 Å². The van der Waals surface area contributed by atoms with Crippen LogP contribution in [0.25, 0.3) is 0 Å². The zero-order valence-electron chi connectivity index (χ0n) is 14.1. The van der Waals surface area contributed by atoms with Crippen LogP contribution in [0.4, 0.5) is 10.5 Å². The van der Waals surface area contributed by atoms with Crippen LogP contribution < -0.4 is 16.0 Å². The number of rotatable bonds is 6. The van der Waals surface area contributed by atoms with Crippen molar-refractivity contribution in [1.82, 2.24) is 20.4 Å². The van der Waals surface area contributed by atoms with Crippen molar-refractivity contribution < 1.29 is 9.59 Å². The molecule has 0 fully saturated rings. The third kappa shape index (κ3) is 5.42. The monoisotopic (exact) mass is 329 g/mol. The number of nitrogens with zero attached hydrogens (tertiary/aromatic N) is 2. The van der Waals surface area contributed by atoms with E-state index in [1.165, 1.54) is 0 Å². The van der Waals surface area contributed by atoms with Crippen LogP contribution in [-0.4, -0.2) is 33.8 Å². The van der Waals surface area contributed by atoms with Crippen molar-refractivity contribution in [2.24, 2.45) is 0 Å². The molecule has 1 atom stereocenters. The molecule has 128 valence electrons. The second-order valence-corrected chi connectivity index (χ2v) is 5.90. The van der Waals surface area contributed by atoms with Crippen LogP contribution in [-0.2, 0) is 11.3 Å². The van der Waals surface area contributed by atoms with Crippen LogP contribution in [0.15, 0.2) is 42.7 Å². The Morgan fingerprint density at radius 2 is 1.88 bits per heavy atom. The van der Waals surface area contributed by atoms with Gasteiger partial charge in [-0.15, -0.1) is 0 Å². The molecule has 2 rings (SSSR count). The second kappa shape index (κ2) is 8.14. The molecule has 0 bridgehead atoms. The van der Waals surface area contributed by atoms with Crippen LogP contribution in [0.5, 0.6) is 0 Å². The van der Waals surface area contributed by atoms with Crippen molar-refractivity contribution >= 4 is 17.6 Å². The SMILES string of the molecule is CC(C)NC(=O)NC(=O)[C@H](C)Nc1cnn(Cc2ccccc2)c1. The Morgan fingerprint density at radius 1 is 1.17 bits per heavy atom. The summed E-state index contributed by atoms with van der Waals surface area (Å²) in [6, 6.07) is 8.89. The van der Waals surface area contributed by atoms with E-state index in [1.54, 1.807) is 17.8 Å². The maximum atomic E-state index is 12.0. The minimum Gasteiger partial charge on any atom is -0.371 e. The standard InChI is InChI=1S/C17H23N5O2/c1-12(2)19-17(24)21-16(23)13(3)20-15-9-18-22(11-15)10-14-7-5-4-6-8-14/h4-9,11-13,20H,10H2,1-3H3,(H2,19,21,23,24)/t13-/m0/s1. The number of anilines is 1. The zero-order chi connectivity index (χ0) is 17.5. The van der Waals surface area contributed by atoms with Gasteiger partial charge in [-0.05, 0) is 26.3 Å².